The highest BCUT2D eigenvalue weighted by Gasteiger charge is 2.31. The minimum atomic E-state index is -0.0746. The number of ether oxygens (including phenoxy) is 1. The van der Waals surface area contributed by atoms with Crippen LogP contribution in [-0.4, -0.2) is 28.7 Å². The summed E-state index contributed by atoms with van der Waals surface area (Å²) in [4.78, 5) is 19.4. The maximum Gasteiger partial charge on any atom is 0.252 e. The maximum absolute atomic E-state index is 12.6. The normalized spacial score (nSPS) is 18.8. The molecule has 0 amide bonds. The molecule has 0 bridgehead atoms. The summed E-state index contributed by atoms with van der Waals surface area (Å²) >= 11 is 0. The second-order valence-electron chi connectivity index (χ2n) is 9.94. The van der Waals surface area contributed by atoms with Crippen LogP contribution >= 0.6 is 0 Å². The highest BCUT2D eigenvalue weighted by Crippen LogP contribution is 2.32. The molecule has 3 aromatic rings. The quantitative estimate of drug-likeness (QED) is 0.579. The largest absolute Gasteiger partial charge is 0.490 e. The van der Waals surface area contributed by atoms with Crippen LogP contribution in [-0.2, 0) is 12.5 Å². The molecule has 0 aliphatic carbocycles. The minimum absolute atomic E-state index is 0.0721. The predicted octanol–water partition coefficient (Wildman–Crippen LogP) is 4.79. The van der Waals surface area contributed by atoms with Crippen LogP contribution in [0.2, 0.25) is 0 Å². The van der Waals surface area contributed by atoms with Gasteiger partial charge in [-0.3, -0.25) is 4.79 Å². The molecule has 172 valence electrons. The number of aryl methyl sites for hydroxylation is 1. The smallest absolute Gasteiger partial charge is 0.252 e. The minimum Gasteiger partial charge on any atom is -0.490 e. The number of piperidine rings is 1. The van der Waals surface area contributed by atoms with E-state index < -0.39 is 0 Å². The SMILES string of the molecule is CC[C@@H]1CN(c2cc(=O)n(C)c3ccc(C#N)nc23)CC[C@@H]1Oc1cccc(C(C)(C)C)c1. The number of hydrogen-bond acceptors (Lipinski definition) is 5. The average molecular weight is 445 g/mol. The van der Waals surface area contributed by atoms with Crippen molar-refractivity contribution in [2.24, 2.45) is 13.0 Å². The van der Waals surface area contributed by atoms with E-state index in [9.17, 15) is 10.1 Å². The van der Waals surface area contributed by atoms with E-state index in [0.29, 0.717) is 17.1 Å². The fourth-order valence-corrected chi connectivity index (χ4v) is 4.60. The van der Waals surface area contributed by atoms with Crippen LogP contribution in [0.15, 0.2) is 47.3 Å². The summed E-state index contributed by atoms with van der Waals surface area (Å²) < 4.78 is 8.08. The van der Waals surface area contributed by atoms with Gasteiger partial charge in [0.2, 0.25) is 0 Å². The van der Waals surface area contributed by atoms with Crippen LogP contribution in [0, 0.1) is 17.2 Å². The van der Waals surface area contributed by atoms with E-state index in [1.807, 2.05) is 6.07 Å². The number of nitriles is 1. The van der Waals surface area contributed by atoms with E-state index in [-0.39, 0.29) is 17.1 Å². The first kappa shape index (κ1) is 22.8. The molecule has 3 heterocycles. The monoisotopic (exact) mass is 444 g/mol. The van der Waals surface area contributed by atoms with Crippen molar-refractivity contribution in [2.75, 3.05) is 18.0 Å². The van der Waals surface area contributed by atoms with Gasteiger partial charge in [0.1, 0.15) is 29.1 Å². The number of nitrogens with zero attached hydrogens (tertiary/aromatic N) is 4. The zero-order chi connectivity index (χ0) is 23.8. The van der Waals surface area contributed by atoms with Gasteiger partial charge in [0.25, 0.3) is 5.56 Å². The molecule has 2 aromatic heterocycles. The standard InChI is InChI=1S/C27H32N4O2/c1-6-18-17-31(13-12-24(18)33-21-9-7-8-19(14-21)27(2,3)4)23-15-25(32)30(5)22-11-10-20(16-28)29-26(22)23/h7-11,14-15,18,24H,6,12-13,17H2,1-5H3/t18-,24+/m1/s1. The molecule has 6 nitrogen and oxygen atoms in total. The van der Waals surface area contributed by atoms with Gasteiger partial charge < -0.3 is 14.2 Å². The summed E-state index contributed by atoms with van der Waals surface area (Å²) in [6, 6.07) is 15.6. The Balaban J connectivity index is 1.61. The molecule has 1 saturated heterocycles. The van der Waals surface area contributed by atoms with Crippen LogP contribution in [0.5, 0.6) is 5.75 Å². The van der Waals surface area contributed by atoms with Crippen LogP contribution in [0.3, 0.4) is 0 Å². The second kappa shape index (κ2) is 8.90. The zero-order valence-electron chi connectivity index (χ0n) is 20.1. The Morgan fingerprint density at radius 3 is 2.70 bits per heavy atom. The second-order valence-corrected chi connectivity index (χ2v) is 9.94. The van der Waals surface area contributed by atoms with Crippen LogP contribution in [0.25, 0.3) is 11.0 Å². The maximum atomic E-state index is 12.6. The van der Waals surface area contributed by atoms with Gasteiger partial charge in [-0.1, -0.05) is 39.8 Å². The van der Waals surface area contributed by atoms with Crippen molar-refractivity contribution in [3.05, 3.63) is 64.1 Å². The van der Waals surface area contributed by atoms with Crippen molar-refractivity contribution in [2.45, 2.75) is 52.1 Å². The van der Waals surface area contributed by atoms with Gasteiger partial charge in [-0.05, 0) is 41.7 Å². The average Bonchev–Trinajstić information content (AvgIpc) is 2.81. The topological polar surface area (TPSA) is 71.2 Å². The van der Waals surface area contributed by atoms with E-state index in [4.69, 9.17) is 4.74 Å². The lowest BCUT2D eigenvalue weighted by Gasteiger charge is -2.39. The Labute approximate surface area is 195 Å². The van der Waals surface area contributed by atoms with Crippen molar-refractivity contribution < 1.29 is 4.74 Å². The highest BCUT2D eigenvalue weighted by molar-refractivity contribution is 5.88. The molecule has 0 saturated carbocycles. The molecule has 0 radical (unpaired) electrons. The summed E-state index contributed by atoms with van der Waals surface area (Å²) in [7, 11) is 1.74. The van der Waals surface area contributed by atoms with Gasteiger partial charge >= 0.3 is 0 Å². The van der Waals surface area contributed by atoms with Crippen molar-refractivity contribution in [3.63, 3.8) is 0 Å². The van der Waals surface area contributed by atoms with Crippen molar-refractivity contribution in [3.8, 4) is 11.8 Å². The Kier molecular flexibility index (Phi) is 6.16. The molecule has 6 heteroatoms. The van der Waals surface area contributed by atoms with Crippen LogP contribution in [0.4, 0.5) is 5.69 Å². The molecular formula is C27H32N4O2. The predicted molar refractivity (Wildman–Crippen MR) is 132 cm³/mol. The first-order chi connectivity index (χ1) is 15.7. The van der Waals surface area contributed by atoms with Crippen molar-refractivity contribution in [1.82, 2.24) is 9.55 Å². The number of benzene rings is 1. The van der Waals surface area contributed by atoms with Gasteiger partial charge in [-0.15, -0.1) is 0 Å². The molecule has 1 aliphatic heterocycles. The number of anilines is 1. The van der Waals surface area contributed by atoms with E-state index in [0.717, 1.165) is 42.9 Å². The molecule has 0 spiro atoms. The molecule has 2 atom stereocenters. The van der Waals surface area contributed by atoms with E-state index >= 15 is 0 Å². The molecule has 1 aromatic carbocycles. The van der Waals surface area contributed by atoms with E-state index in [1.165, 1.54) is 5.56 Å². The Bertz CT molecular complexity index is 1270. The number of rotatable bonds is 4. The number of aromatic nitrogens is 2. The summed E-state index contributed by atoms with van der Waals surface area (Å²) in [5.41, 5.74) is 3.85. The number of hydrogen-bond donors (Lipinski definition) is 0. The lowest BCUT2D eigenvalue weighted by Crippen LogP contribution is -2.46. The Hall–Kier alpha value is -3.33. The lowest BCUT2D eigenvalue weighted by molar-refractivity contribution is 0.109. The van der Waals surface area contributed by atoms with E-state index in [2.05, 4.69) is 61.8 Å². The van der Waals surface area contributed by atoms with E-state index in [1.54, 1.807) is 29.8 Å². The van der Waals surface area contributed by atoms with Gasteiger partial charge in [-0.2, -0.15) is 5.26 Å². The third kappa shape index (κ3) is 4.59. The molecule has 1 aliphatic rings. The lowest BCUT2D eigenvalue weighted by atomic mass is 9.87. The fraction of sp³-hybridized carbons (Fsp3) is 0.444. The van der Waals surface area contributed by atoms with Gasteiger partial charge in [0, 0.05) is 38.5 Å². The number of pyridine rings is 2. The zero-order valence-corrected chi connectivity index (χ0v) is 20.1. The molecule has 0 N–H and O–H groups in total. The van der Waals surface area contributed by atoms with Crippen molar-refractivity contribution in [1.29, 1.82) is 5.26 Å². The molecule has 0 unspecified atom stereocenters. The van der Waals surface area contributed by atoms with Gasteiger partial charge in [0.15, 0.2) is 0 Å². The van der Waals surface area contributed by atoms with Crippen LogP contribution < -0.4 is 15.2 Å². The Morgan fingerprint density at radius 1 is 1.21 bits per heavy atom. The molecular weight excluding hydrogens is 412 g/mol. The molecule has 1 fully saturated rings. The summed E-state index contributed by atoms with van der Waals surface area (Å²) in [6.07, 6.45) is 1.94. The Morgan fingerprint density at radius 2 is 2.00 bits per heavy atom. The third-order valence-electron chi connectivity index (χ3n) is 6.70. The van der Waals surface area contributed by atoms with Crippen LogP contribution in [0.1, 0.15) is 51.8 Å². The fourth-order valence-electron chi connectivity index (χ4n) is 4.60. The highest BCUT2D eigenvalue weighted by atomic mass is 16.5. The first-order valence-corrected chi connectivity index (χ1v) is 11.6. The molecule has 4 rings (SSSR count). The van der Waals surface area contributed by atoms with Crippen molar-refractivity contribution >= 4 is 16.7 Å². The van der Waals surface area contributed by atoms with Gasteiger partial charge in [0.05, 0.1) is 11.2 Å². The molecule has 33 heavy (non-hydrogen) atoms. The number of fused-ring (bicyclic) bond motifs is 1. The summed E-state index contributed by atoms with van der Waals surface area (Å²) in [5.74, 6) is 1.23. The summed E-state index contributed by atoms with van der Waals surface area (Å²) in [6.45, 7) is 10.4. The third-order valence-corrected chi connectivity index (χ3v) is 6.70. The first-order valence-electron chi connectivity index (χ1n) is 11.6. The van der Waals surface area contributed by atoms with Gasteiger partial charge in [-0.25, -0.2) is 4.98 Å². The summed E-state index contributed by atoms with van der Waals surface area (Å²) in [5, 5.41) is 9.34.